The highest BCUT2D eigenvalue weighted by Gasteiger charge is 2.21. The van der Waals surface area contributed by atoms with Crippen molar-refractivity contribution < 1.29 is 9.59 Å². The lowest BCUT2D eigenvalue weighted by Gasteiger charge is -2.21. The van der Waals surface area contributed by atoms with Gasteiger partial charge in [0.25, 0.3) is 0 Å². The second-order valence-corrected chi connectivity index (χ2v) is 14.6. The molecule has 0 aliphatic rings. The average molecular weight is 435 g/mol. The standard InChI is InChI=1S/C11H23NOS2.C11H23NO/c1-10(2,3)9(13)12-7-8-14-15-11(4,5)6;1-10(2,3)7-8-12-9(13)11(4,5)6/h7-8H2,1-6H3,(H,12,13);7-8H2,1-6H3,(H,12,13). The Kier molecular flexibility index (Phi) is 13.2. The van der Waals surface area contributed by atoms with Crippen LogP contribution >= 0.6 is 21.6 Å². The number of carbonyl (C=O) groups is 2. The van der Waals surface area contributed by atoms with Crippen LogP contribution in [0.5, 0.6) is 0 Å². The van der Waals surface area contributed by atoms with Crippen LogP contribution in [-0.2, 0) is 9.59 Å². The lowest BCUT2D eigenvalue weighted by molar-refractivity contribution is -0.129. The zero-order valence-electron chi connectivity index (χ0n) is 20.5. The van der Waals surface area contributed by atoms with Crippen molar-refractivity contribution in [3.8, 4) is 0 Å². The molecular formula is C22H46N2O2S2. The van der Waals surface area contributed by atoms with Crippen molar-refractivity contribution in [1.82, 2.24) is 10.6 Å². The maximum Gasteiger partial charge on any atom is 0.225 e. The van der Waals surface area contributed by atoms with E-state index >= 15 is 0 Å². The second-order valence-electron chi connectivity index (χ2n) is 11.3. The van der Waals surface area contributed by atoms with Crippen molar-refractivity contribution in [2.75, 3.05) is 18.8 Å². The molecule has 0 rings (SSSR count). The minimum Gasteiger partial charge on any atom is -0.356 e. The van der Waals surface area contributed by atoms with Crippen LogP contribution in [-0.4, -0.2) is 35.4 Å². The van der Waals surface area contributed by atoms with E-state index in [2.05, 4.69) is 52.2 Å². The maximum absolute atomic E-state index is 11.5. The van der Waals surface area contributed by atoms with Crippen LogP contribution in [0, 0.1) is 16.2 Å². The van der Waals surface area contributed by atoms with E-state index in [0.717, 1.165) is 25.3 Å². The van der Waals surface area contributed by atoms with Crippen molar-refractivity contribution in [1.29, 1.82) is 0 Å². The van der Waals surface area contributed by atoms with Crippen LogP contribution in [0.1, 0.15) is 89.5 Å². The summed E-state index contributed by atoms with van der Waals surface area (Å²) in [4.78, 5) is 22.9. The van der Waals surface area contributed by atoms with Crippen LogP contribution in [0.25, 0.3) is 0 Å². The van der Waals surface area contributed by atoms with E-state index in [1.165, 1.54) is 0 Å². The van der Waals surface area contributed by atoms with Gasteiger partial charge in [0.05, 0.1) is 0 Å². The van der Waals surface area contributed by atoms with E-state index in [9.17, 15) is 9.59 Å². The Morgan fingerprint density at radius 1 is 0.679 bits per heavy atom. The third-order valence-electron chi connectivity index (χ3n) is 3.30. The molecule has 0 aliphatic heterocycles. The van der Waals surface area contributed by atoms with Crippen LogP contribution in [0.15, 0.2) is 0 Å². The van der Waals surface area contributed by atoms with Gasteiger partial charge in [-0.15, -0.1) is 0 Å². The largest absolute Gasteiger partial charge is 0.356 e. The topological polar surface area (TPSA) is 58.2 Å². The fraction of sp³-hybridized carbons (Fsp3) is 0.909. The molecule has 0 aromatic rings. The molecule has 0 atom stereocenters. The summed E-state index contributed by atoms with van der Waals surface area (Å²) >= 11 is 0. The molecule has 0 aromatic carbocycles. The zero-order valence-corrected chi connectivity index (χ0v) is 22.1. The molecule has 168 valence electrons. The molecular weight excluding hydrogens is 388 g/mol. The van der Waals surface area contributed by atoms with Crippen molar-refractivity contribution in [3.05, 3.63) is 0 Å². The van der Waals surface area contributed by atoms with Crippen molar-refractivity contribution in [3.63, 3.8) is 0 Å². The summed E-state index contributed by atoms with van der Waals surface area (Å²) in [5.74, 6) is 1.23. The number of nitrogens with one attached hydrogen (secondary N) is 2. The van der Waals surface area contributed by atoms with Gasteiger partial charge >= 0.3 is 0 Å². The van der Waals surface area contributed by atoms with Crippen LogP contribution in [0.3, 0.4) is 0 Å². The molecule has 0 aliphatic carbocycles. The number of rotatable bonds is 6. The van der Waals surface area contributed by atoms with Gasteiger partial charge in [-0.25, -0.2) is 0 Å². The summed E-state index contributed by atoms with van der Waals surface area (Å²) in [5, 5.41) is 5.88. The van der Waals surface area contributed by atoms with E-state index in [-0.39, 0.29) is 22.6 Å². The summed E-state index contributed by atoms with van der Waals surface area (Å²) in [6.45, 7) is 26.2. The van der Waals surface area contributed by atoms with E-state index < -0.39 is 0 Å². The zero-order chi connectivity index (χ0) is 22.8. The van der Waals surface area contributed by atoms with Gasteiger partial charge in [0.15, 0.2) is 0 Å². The van der Waals surface area contributed by atoms with Gasteiger partial charge in [-0.3, -0.25) is 9.59 Å². The van der Waals surface area contributed by atoms with Crippen molar-refractivity contribution in [2.45, 2.75) is 94.3 Å². The molecule has 28 heavy (non-hydrogen) atoms. The number of amides is 2. The highest BCUT2D eigenvalue weighted by Crippen LogP contribution is 2.34. The molecule has 0 fully saturated rings. The Bertz CT molecular complexity index is 465. The fourth-order valence-corrected chi connectivity index (χ4v) is 3.69. The van der Waals surface area contributed by atoms with Gasteiger partial charge in [0.2, 0.25) is 11.8 Å². The van der Waals surface area contributed by atoms with E-state index in [1.807, 2.05) is 63.1 Å². The first-order chi connectivity index (χ1) is 12.3. The fourth-order valence-electron chi connectivity index (χ4n) is 1.51. The quantitative estimate of drug-likeness (QED) is 0.403. The van der Waals surface area contributed by atoms with E-state index in [0.29, 0.717) is 10.2 Å². The van der Waals surface area contributed by atoms with E-state index in [1.54, 1.807) is 0 Å². The first-order valence-electron chi connectivity index (χ1n) is 10.1. The Morgan fingerprint density at radius 3 is 1.39 bits per heavy atom. The molecule has 2 amide bonds. The summed E-state index contributed by atoms with van der Waals surface area (Å²) in [5.41, 5.74) is -0.245. The van der Waals surface area contributed by atoms with Gasteiger partial charge in [0, 0.05) is 34.4 Å². The molecule has 6 heteroatoms. The Labute approximate surface area is 182 Å². The highest BCUT2D eigenvalue weighted by atomic mass is 33.1. The maximum atomic E-state index is 11.5. The first-order valence-corrected chi connectivity index (χ1v) is 12.4. The van der Waals surface area contributed by atoms with Gasteiger partial charge in [-0.1, -0.05) is 105 Å². The monoisotopic (exact) mass is 434 g/mol. The van der Waals surface area contributed by atoms with Gasteiger partial charge in [-0.05, 0) is 11.8 Å². The molecule has 0 heterocycles. The third kappa shape index (κ3) is 20.4. The lowest BCUT2D eigenvalue weighted by Crippen LogP contribution is -2.36. The minimum atomic E-state index is -0.276. The first kappa shape index (κ1) is 29.8. The third-order valence-corrected chi connectivity index (χ3v) is 6.65. The molecule has 0 radical (unpaired) electrons. The minimum absolute atomic E-state index is 0.129. The molecule has 2 N–H and O–H groups in total. The number of carbonyl (C=O) groups excluding carboxylic acids is 2. The smallest absolute Gasteiger partial charge is 0.225 e. The van der Waals surface area contributed by atoms with Crippen LogP contribution in [0.2, 0.25) is 0 Å². The van der Waals surface area contributed by atoms with Crippen molar-refractivity contribution in [2.24, 2.45) is 16.2 Å². The van der Waals surface area contributed by atoms with Gasteiger partial charge in [0.1, 0.15) is 0 Å². The summed E-state index contributed by atoms with van der Waals surface area (Å²) in [7, 11) is 3.67. The molecule has 0 spiro atoms. The van der Waals surface area contributed by atoms with E-state index in [4.69, 9.17) is 0 Å². The second kappa shape index (κ2) is 12.4. The Morgan fingerprint density at radius 2 is 1.07 bits per heavy atom. The molecule has 0 bridgehead atoms. The number of hydrogen-bond donors (Lipinski definition) is 2. The molecule has 0 unspecified atom stereocenters. The summed E-state index contributed by atoms with van der Waals surface area (Å²) < 4.78 is 0.290. The predicted octanol–water partition coefficient (Wildman–Crippen LogP) is 5.91. The summed E-state index contributed by atoms with van der Waals surface area (Å²) in [6, 6.07) is 0. The van der Waals surface area contributed by atoms with Gasteiger partial charge in [-0.2, -0.15) is 0 Å². The van der Waals surface area contributed by atoms with Crippen LogP contribution < -0.4 is 10.6 Å². The Balaban J connectivity index is 0. The average Bonchev–Trinajstić information content (AvgIpc) is 2.42. The highest BCUT2D eigenvalue weighted by molar-refractivity contribution is 8.77. The van der Waals surface area contributed by atoms with Gasteiger partial charge < -0.3 is 10.6 Å². The molecule has 4 nitrogen and oxygen atoms in total. The molecule has 0 saturated carbocycles. The SMILES string of the molecule is CC(C)(C)CCNC(=O)C(C)(C)C.CC(C)(C)SSCCNC(=O)C(C)(C)C. The predicted molar refractivity (Wildman–Crippen MR) is 129 cm³/mol. The Hall–Kier alpha value is -0.360. The summed E-state index contributed by atoms with van der Waals surface area (Å²) in [6.07, 6.45) is 1.02. The number of hydrogen-bond acceptors (Lipinski definition) is 4. The molecule has 0 saturated heterocycles. The van der Waals surface area contributed by atoms with Crippen LogP contribution in [0.4, 0.5) is 0 Å². The normalized spacial score (nSPS) is 12.7. The lowest BCUT2D eigenvalue weighted by atomic mass is 9.91. The van der Waals surface area contributed by atoms with Crippen molar-refractivity contribution >= 4 is 33.4 Å². The molecule has 0 aromatic heterocycles.